The molecule has 0 radical (unpaired) electrons. The van der Waals surface area contributed by atoms with Crippen LogP contribution >= 0.6 is 23.2 Å². The Morgan fingerprint density at radius 2 is 1.83 bits per heavy atom. The SMILES string of the molecule is Cc1nn(-c2cccc(Cl)c2)c(Cl)c1CNCc1ccc(F)cc1. The average molecular weight is 364 g/mol. The Labute approximate surface area is 150 Å². The van der Waals surface area contributed by atoms with Crippen LogP contribution < -0.4 is 5.32 Å². The molecule has 3 nitrogen and oxygen atoms in total. The van der Waals surface area contributed by atoms with Crippen LogP contribution in [0, 0.1) is 12.7 Å². The molecule has 124 valence electrons. The highest BCUT2D eigenvalue weighted by atomic mass is 35.5. The van der Waals surface area contributed by atoms with Crippen molar-refractivity contribution < 1.29 is 4.39 Å². The van der Waals surface area contributed by atoms with Gasteiger partial charge in [-0.3, -0.25) is 0 Å². The monoisotopic (exact) mass is 363 g/mol. The van der Waals surface area contributed by atoms with Gasteiger partial charge in [0.15, 0.2) is 0 Å². The maximum atomic E-state index is 12.9. The molecule has 1 N–H and O–H groups in total. The topological polar surface area (TPSA) is 29.9 Å². The standard InChI is InChI=1S/C18H16Cl2FN3/c1-12-17(11-22-10-13-5-7-15(21)8-6-13)18(20)24(23-12)16-4-2-3-14(19)9-16/h2-9,22H,10-11H2,1H3. The molecule has 24 heavy (non-hydrogen) atoms. The summed E-state index contributed by atoms with van der Waals surface area (Å²) in [6.45, 7) is 3.11. The van der Waals surface area contributed by atoms with Gasteiger partial charge < -0.3 is 5.32 Å². The Morgan fingerprint density at radius 3 is 2.54 bits per heavy atom. The number of aryl methyl sites for hydroxylation is 1. The van der Waals surface area contributed by atoms with Crippen LogP contribution in [0.1, 0.15) is 16.8 Å². The zero-order valence-electron chi connectivity index (χ0n) is 13.1. The fourth-order valence-corrected chi connectivity index (χ4v) is 2.97. The Bertz CT molecular complexity index is 844. The predicted molar refractivity (Wildman–Crippen MR) is 95.3 cm³/mol. The van der Waals surface area contributed by atoms with Crippen molar-refractivity contribution in [3.63, 3.8) is 0 Å². The normalized spacial score (nSPS) is 11.0. The summed E-state index contributed by atoms with van der Waals surface area (Å²) in [5.74, 6) is -0.236. The second-order valence-electron chi connectivity index (χ2n) is 5.48. The Balaban J connectivity index is 1.73. The predicted octanol–water partition coefficient (Wildman–Crippen LogP) is 4.92. The van der Waals surface area contributed by atoms with Gasteiger partial charge >= 0.3 is 0 Å². The lowest BCUT2D eigenvalue weighted by molar-refractivity contribution is 0.625. The number of nitrogens with zero attached hydrogens (tertiary/aromatic N) is 2. The molecule has 0 atom stereocenters. The van der Waals surface area contributed by atoms with Gasteiger partial charge in [-0.15, -0.1) is 0 Å². The van der Waals surface area contributed by atoms with Crippen LogP contribution in [0.2, 0.25) is 10.2 Å². The molecule has 2 aromatic carbocycles. The summed E-state index contributed by atoms with van der Waals surface area (Å²) in [4.78, 5) is 0. The van der Waals surface area contributed by atoms with Crippen molar-refractivity contribution in [3.05, 3.63) is 81.3 Å². The van der Waals surface area contributed by atoms with Crippen molar-refractivity contribution >= 4 is 23.2 Å². The molecule has 1 aromatic heterocycles. The van der Waals surface area contributed by atoms with Crippen LogP contribution in [0.15, 0.2) is 48.5 Å². The van der Waals surface area contributed by atoms with Crippen molar-refractivity contribution in [1.82, 2.24) is 15.1 Å². The minimum Gasteiger partial charge on any atom is -0.308 e. The van der Waals surface area contributed by atoms with E-state index < -0.39 is 0 Å². The molecule has 0 unspecified atom stereocenters. The van der Waals surface area contributed by atoms with Crippen LogP contribution in [0.3, 0.4) is 0 Å². The van der Waals surface area contributed by atoms with Crippen LogP contribution in [-0.2, 0) is 13.1 Å². The average Bonchev–Trinajstić information content (AvgIpc) is 2.85. The Morgan fingerprint density at radius 1 is 1.08 bits per heavy atom. The van der Waals surface area contributed by atoms with E-state index in [-0.39, 0.29) is 5.82 Å². The highest BCUT2D eigenvalue weighted by Crippen LogP contribution is 2.24. The first-order valence-corrected chi connectivity index (χ1v) is 8.25. The summed E-state index contributed by atoms with van der Waals surface area (Å²) in [6.07, 6.45) is 0. The van der Waals surface area contributed by atoms with Gasteiger partial charge in [0.05, 0.1) is 11.4 Å². The molecule has 0 saturated carbocycles. The van der Waals surface area contributed by atoms with E-state index in [1.807, 2.05) is 25.1 Å². The van der Waals surface area contributed by atoms with E-state index in [4.69, 9.17) is 23.2 Å². The smallest absolute Gasteiger partial charge is 0.137 e. The summed E-state index contributed by atoms with van der Waals surface area (Å²) >= 11 is 12.5. The Kier molecular flexibility index (Phi) is 5.19. The number of halogens is 3. The molecule has 0 aliphatic carbocycles. The lowest BCUT2D eigenvalue weighted by Gasteiger charge is -2.06. The van der Waals surface area contributed by atoms with E-state index in [9.17, 15) is 4.39 Å². The maximum absolute atomic E-state index is 12.9. The van der Waals surface area contributed by atoms with Crippen molar-refractivity contribution in [3.8, 4) is 5.69 Å². The number of hydrogen-bond donors (Lipinski definition) is 1. The summed E-state index contributed by atoms with van der Waals surface area (Å²) in [6, 6.07) is 13.8. The van der Waals surface area contributed by atoms with Crippen LogP contribution in [0.4, 0.5) is 4.39 Å². The van der Waals surface area contributed by atoms with Crippen molar-refractivity contribution in [2.45, 2.75) is 20.0 Å². The second kappa shape index (κ2) is 7.34. The largest absolute Gasteiger partial charge is 0.308 e. The van der Waals surface area contributed by atoms with Crippen molar-refractivity contribution in [1.29, 1.82) is 0 Å². The summed E-state index contributed by atoms with van der Waals surface area (Å²) in [7, 11) is 0. The van der Waals surface area contributed by atoms with Crippen LogP contribution in [0.25, 0.3) is 5.69 Å². The molecule has 0 saturated heterocycles. The van der Waals surface area contributed by atoms with Crippen molar-refractivity contribution in [2.75, 3.05) is 0 Å². The lowest BCUT2D eigenvalue weighted by atomic mass is 10.2. The molecular weight excluding hydrogens is 348 g/mol. The quantitative estimate of drug-likeness (QED) is 0.697. The van der Waals surface area contributed by atoms with Gasteiger partial charge in [0.25, 0.3) is 0 Å². The van der Waals surface area contributed by atoms with Gasteiger partial charge in [-0.05, 0) is 42.8 Å². The Hall–Kier alpha value is -1.88. The fourth-order valence-electron chi connectivity index (χ4n) is 2.45. The van der Waals surface area contributed by atoms with E-state index in [0.29, 0.717) is 23.3 Å². The zero-order valence-corrected chi connectivity index (χ0v) is 14.6. The number of hydrogen-bond acceptors (Lipinski definition) is 2. The van der Waals surface area contributed by atoms with Gasteiger partial charge in [0, 0.05) is 23.7 Å². The van der Waals surface area contributed by atoms with E-state index in [1.54, 1.807) is 22.9 Å². The molecule has 0 bridgehead atoms. The molecule has 0 aliphatic heterocycles. The summed E-state index contributed by atoms with van der Waals surface area (Å²) < 4.78 is 14.6. The number of aromatic nitrogens is 2. The van der Waals surface area contributed by atoms with E-state index in [2.05, 4.69) is 10.4 Å². The third-order valence-corrected chi connectivity index (χ3v) is 4.34. The van der Waals surface area contributed by atoms with E-state index >= 15 is 0 Å². The number of rotatable bonds is 5. The maximum Gasteiger partial charge on any atom is 0.137 e. The minimum absolute atomic E-state index is 0.236. The first kappa shape index (κ1) is 17.0. The molecule has 0 amide bonds. The van der Waals surface area contributed by atoms with Gasteiger partial charge in [-0.1, -0.05) is 41.4 Å². The van der Waals surface area contributed by atoms with Gasteiger partial charge in [-0.25, -0.2) is 9.07 Å². The highest BCUT2D eigenvalue weighted by Gasteiger charge is 2.14. The van der Waals surface area contributed by atoms with Gasteiger partial charge in [0.2, 0.25) is 0 Å². The molecule has 6 heteroatoms. The van der Waals surface area contributed by atoms with Gasteiger partial charge in [0.1, 0.15) is 11.0 Å². The molecule has 0 spiro atoms. The molecule has 3 rings (SSSR count). The first-order valence-electron chi connectivity index (χ1n) is 7.49. The third kappa shape index (κ3) is 3.78. The van der Waals surface area contributed by atoms with Crippen molar-refractivity contribution in [2.24, 2.45) is 0 Å². The molecule has 3 aromatic rings. The number of nitrogens with one attached hydrogen (secondary N) is 1. The van der Waals surface area contributed by atoms with Gasteiger partial charge in [-0.2, -0.15) is 5.10 Å². The number of benzene rings is 2. The summed E-state index contributed by atoms with van der Waals surface area (Å²) in [5.41, 5.74) is 3.61. The molecule has 0 fully saturated rings. The zero-order chi connectivity index (χ0) is 17.1. The second-order valence-corrected chi connectivity index (χ2v) is 6.27. The fraction of sp³-hybridized carbons (Fsp3) is 0.167. The van der Waals surface area contributed by atoms with Crippen LogP contribution in [-0.4, -0.2) is 9.78 Å². The third-order valence-electron chi connectivity index (χ3n) is 3.72. The molecule has 1 heterocycles. The molecular formula is C18H16Cl2FN3. The van der Waals surface area contributed by atoms with Crippen LogP contribution in [0.5, 0.6) is 0 Å². The summed E-state index contributed by atoms with van der Waals surface area (Å²) in [5, 5.41) is 8.99. The minimum atomic E-state index is -0.236. The van der Waals surface area contributed by atoms with E-state index in [1.165, 1.54) is 12.1 Å². The highest BCUT2D eigenvalue weighted by molar-refractivity contribution is 6.31. The first-order chi connectivity index (χ1) is 11.5. The van der Waals surface area contributed by atoms with E-state index in [0.717, 1.165) is 22.5 Å². The lowest BCUT2D eigenvalue weighted by Crippen LogP contribution is -2.13. The molecule has 0 aliphatic rings.